The van der Waals surface area contributed by atoms with Crippen LogP contribution in [0.15, 0.2) is 0 Å². The molecule has 0 aromatic carbocycles. The van der Waals surface area contributed by atoms with Crippen molar-refractivity contribution in [2.24, 2.45) is 0 Å². The van der Waals surface area contributed by atoms with Crippen LogP contribution < -0.4 is 0 Å². The first-order valence-electron chi connectivity index (χ1n) is 4.39. The monoisotopic (exact) mass is 208 g/mol. The molecular weight excluding hydrogens is 192 g/mol. The SMILES string of the molecule is CCS[C@H]1O[C@H](C)[C@H](O)[C@H](O)[C@H]1O. The first-order valence-corrected chi connectivity index (χ1v) is 5.44. The molecule has 1 saturated heterocycles. The van der Waals surface area contributed by atoms with Crippen molar-refractivity contribution in [3.05, 3.63) is 0 Å². The van der Waals surface area contributed by atoms with Crippen molar-refractivity contribution in [2.45, 2.75) is 43.7 Å². The second-order valence-corrected chi connectivity index (χ2v) is 4.51. The third-order valence-corrected chi connectivity index (χ3v) is 3.19. The number of rotatable bonds is 2. The van der Waals surface area contributed by atoms with Gasteiger partial charge in [0.05, 0.1) is 6.10 Å². The molecule has 0 aromatic rings. The highest BCUT2D eigenvalue weighted by molar-refractivity contribution is 7.99. The van der Waals surface area contributed by atoms with Crippen LogP contribution in [0.4, 0.5) is 0 Å². The predicted octanol–water partition coefficient (Wildman–Crippen LogP) is -0.433. The smallest absolute Gasteiger partial charge is 0.132 e. The van der Waals surface area contributed by atoms with E-state index in [1.807, 2.05) is 6.92 Å². The Morgan fingerprint density at radius 3 is 2.31 bits per heavy atom. The molecule has 0 amide bonds. The van der Waals surface area contributed by atoms with Gasteiger partial charge in [0, 0.05) is 0 Å². The predicted molar refractivity (Wildman–Crippen MR) is 50.5 cm³/mol. The Hall–Kier alpha value is 0.190. The van der Waals surface area contributed by atoms with Crippen molar-refractivity contribution in [3.63, 3.8) is 0 Å². The van der Waals surface area contributed by atoms with E-state index >= 15 is 0 Å². The largest absolute Gasteiger partial charge is 0.388 e. The summed E-state index contributed by atoms with van der Waals surface area (Å²) in [5.41, 5.74) is -0.432. The van der Waals surface area contributed by atoms with Crippen LogP contribution in [0, 0.1) is 0 Å². The molecule has 0 saturated carbocycles. The van der Waals surface area contributed by atoms with Crippen LogP contribution >= 0.6 is 11.8 Å². The van der Waals surface area contributed by atoms with Crippen molar-refractivity contribution in [1.29, 1.82) is 0 Å². The van der Waals surface area contributed by atoms with E-state index in [4.69, 9.17) is 4.74 Å². The summed E-state index contributed by atoms with van der Waals surface area (Å²) in [6.07, 6.45) is -3.53. The molecule has 0 spiro atoms. The highest BCUT2D eigenvalue weighted by Gasteiger charge is 2.41. The van der Waals surface area contributed by atoms with Crippen LogP contribution in [0.2, 0.25) is 0 Å². The lowest BCUT2D eigenvalue weighted by atomic mass is 10.0. The Kier molecular flexibility index (Phi) is 4.00. The van der Waals surface area contributed by atoms with Gasteiger partial charge >= 0.3 is 0 Å². The van der Waals surface area contributed by atoms with E-state index in [0.717, 1.165) is 5.75 Å². The van der Waals surface area contributed by atoms with Gasteiger partial charge in [-0.25, -0.2) is 0 Å². The summed E-state index contributed by atoms with van der Waals surface area (Å²) in [4.78, 5) is 0. The van der Waals surface area contributed by atoms with Gasteiger partial charge < -0.3 is 20.1 Å². The van der Waals surface area contributed by atoms with Gasteiger partial charge in [-0.1, -0.05) is 6.92 Å². The molecule has 0 unspecified atom stereocenters. The fourth-order valence-electron chi connectivity index (χ4n) is 1.32. The van der Waals surface area contributed by atoms with E-state index in [0.29, 0.717) is 0 Å². The molecule has 0 aliphatic carbocycles. The van der Waals surface area contributed by atoms with Crippen molar-refractivity contribution < 1.29 is 20.1 Å². The second kappa shape index (κ2) is 4.61. The summed E-state index contributed by atoms with van der Waals surface area (Å²) < 4.78 is 5.32. The zero-order valence-corrected chi connectivity index (χ0v) is 8.57. The van der Waals surface area contributed by atoms with E-state index in [2.05, 4.69) is 0 Å². The molecule has 0 aromatic heterocycles. The maximum absolute atomic E-state index is 9.50. The number of ether oxygens (including phenoxy) is 1. The van der Waals surface area contributed by atoms with Crippen LogP contribution in [0.3, 0.4) is 0 Å². The minimum absolute atomic E-state index is 0.428. The molecule has 5 heteroatoms. The minimum atomic E-state index is -1.10. The highest BCUT2D eigenvalue weighted by atomic mass is 32.2. The molecular formula is C8H16O4S. The van der Waals surface area contributed by atoms with Gasteiger partial charge in [-0.15, -0.1) is 11.8 Å². The zero-order valence-electron chi connectivity index (χ0n) is 7.75. The molecule has 1 rings (SSSR count). The summed E-state index contributed by atoms with van der Waals surface area (Å²) in [7, 11) is 0. The van der Waals surface area contributed by atoms with E-state index in [9.17, 15) is 15.3 Å². The van der Waals surface area contributed by atoms with Crippen molar-refractivity contribution in [3.8, 4) is 0 Å². The third kappa shape index (κ3) is 2.35. The number of aliphatic hydroxyl groups is 3. The maximum Gasteiger partial charge on any atom is 0.132 e. The standard InChI is InChI=1S/C8H16O4S/c1-3-13-8-7(11)6(10)5(9)4(2)12-8/h4-11H,3H2,1-2H3/t4-,5+,6+,7-,8-/m1/s1. The highest BCUT2D eigenvalue weighted by Crippen LogP contribution is 2.27. The molecule has 3 N–H and O–H groups in total. The van der Waals surface area contributed by atoms with Gasteiger partial charge in [0.1, 0.15) is 23.7 Å². The van der Waals surface area contributed by atoms with Crippen molar-refractivity contribution in [1.82, 2.24) is 0 Å². The summed E-state index contributed by atoms with van der Waals surface area (Å²) in [5.74, 6) is 0.803. The molecule has 78 valence electrons. The van der Waals surface area contributed by atoms with E-state index in [1.165, 1.54) is 11.8 Å². The van der Waals surface area contributed by atoms with Gasteiger partial charge in [0.25, 0.3) is 0 Å². The van der Waals surface area contributed by atoms with E-state index < -0.39 is 29.9 Å². The molecule has 1 fully saturated rings. The molecule has 1 aliphatic rings. The van der Waals surface area contributed by atoms with Crippen molar-refractivity contribution >= 4 is 11.8 Å². The molecule has 1 heterocycles. The summed E-state index contributed by atoms with van der Waals surface area (Å²) in [6.45, 7) is 3.63. The van der Waals surface area contributed by atoms with Gasteiger partial charge in [0.15, 0.2) is 0 Å². The summed E-state index contributed by atoms with van der Waals surface area (Å²) in [5, 5.41) is 28.3. The molecule has 0 radical (unpaired) electrons. The number of hydrogen-bond acceptors (Lipinski definition) is 5. The third-order valence-electron chi connectivity index (χ3n) is 2.14. The summed E-state index contributed by atoms with van der Waals surface area (Å²) in [6, 6.07) is 0. The minimum Gasteiger partial charge on any atom is -0.388 e. The second-order valence-electron chi connectivity index (χ2n) is 3.14. The fourth-order valence-corrected chi connectivity index (χ4v) is 2.26. The lowest BCUT2D eigenvalue weighted by molar-refractivity contribution is -0.192. The number of hydrogen-bond donors (Lipinski definition) is 3. The molecule has 1 aliphatic heterocycles. The molecule has 4 nitrogen and oxygen atoms in total. The van der Waals surface area contributed by atoms with Gasteiger partial charge in [-0.05, 0) is 12.7 Å². The Labute approximate surface area is 81.9 Å². The Balaban J connectivity index is 2.59. The first kappa shape index (κ1) is 11.3. The topological polar surface area (TPSA) is 69.9 Å². The summed E-state index contributed by atoms with van der Waals surface area (Å²) >= 11 is 1.43. The van der Waals surface area contributed by atoms with E-state index in [1.54, 1.807) is 6.92 Å². The Morgan fingerprint density at radius 2 is 1.77 bits per heavy atom. The molecule has 13 heavy (non-hydrogen) atoms. The van der Waals surface area contributed by atoms with Crippen LogP contribution in [-0.2, 0) is 4.74 Å². The number of aliphatic hydroxyl groups excluding tert-OH is 3. The van der Waals surface area contributed by atoms with Crippen molar-refractivity contribution in [2.75, 3.05) is 5.75 Å². The molecule has 5 atom stereocenters. The van der Waals surface area contributed by atoms with Gasteiger partial charge in [-0.2, -0.15) is 0 Å². The average molecular weight is 208 g/mol. The number of thioether (sulfide) groups is 1. The molecule has 0 bridgehead atoms. The van der Waals surface area contributed by atoms with Crippen LogP contribution in [0.25, 0.3) is 0 Å². The Morgan fingerprint density at radius 1 is 1.15 bits per heavy atom. The lowest BCUT2D eigenvalue weighted by Gasteiger charge is -2.38. The van der Waals surface area contributed by atoms with Crippen LogP contribution in [-0.4, -0.2) is 50.9 Å². The zero-order chi connectivity index (χ0) is 10.0. The van der Waals surface area contributed by atoms with E-state index in [-0.39, 0.29) is 0 Å². The quantitative estimate of drug-likeness (QED) is 0.574. The van der Waals surface area contributed by atoms with Gasteiger partial charge in [-0.3, -0.25) is 0 Å². The first-order chi connectivity index (χ1) is 6.07. The van der Waals surface area contributed by atoms with Crippen LogP contribution in [0.5, 0.6) is 0 Å². The van der Waals surface area contributed by atoms with Crippen LogP contribution in [0.1, 0.15) is 13.8 Å². The average Bonchev–Trinajstić information content (AvgIpc) is 2.11. The normalized spacial score (nSPS) is 46.4. The lowest BCUT2D eigenvalue weighted by Crippen LogP contribution is -2.55. The van der Waals surface area contributed by atoms with Gasteiger partial charge in [0.2, 0.25) is 0 Å². The Bertz CT molecular complexity index is 166. The maximum atomic E-state index is 9.50. The fraction of sp³-hybridized carbons (Fsp3) is 1.00.